The number of para-hydroxylation sites is 1. The molecule has 3 aromatic rings. The van der Waals surface area contributed by atoms with Crippen molar-refractivity contribution in [1.82, 2.24) is 4.72 Å². The van der Waals surface area contributed by atoms with Gasteiger partial charge in [-0.3, -0.25) is 4.79 Å². The maximum absolute atomic E-state index is 13.6. The van der Waals surface area contributed by atoms with Crippen LogP contribution in [-0.2, 0) is 30.9 Å². The number of amides is 1. The molecule has 0 saturated heterocycles. The van der Waals surface area contributed by atoms with E-state index in [1.165, 1.54) is 43.5 Å². The van der Waals surface area contributed by atoms with E-state index >= 15 is 0 Å². The van der Waals surface area contributed by atoms with Gasteiger partial charge in [-0.15, -0.1) is 0 Å². The molecule has 2 N–H and O–H groups in total. The van der Waals surface area contributed by atoms with E-state index in [2.05, 4.69) is 4.72 Å². The molecule has 0 fully saturated rings. The van der Waals surface area contributed by atoms with Gasteiger partial charge < -0.3 is 14.5 Å². The van der Waals surface area contributed by atoms with Gasteiger partial charge in [-0.05, 0) is 55.0 Å². The summed E-state index contributed by atoms with van der Waals surface area (Å²) in [5, 5.41) is 2.04. The Bertz CT molecular complexity index is 1270. The lowest BCUT2D eigenvalue weighted by Gasteiger charge is -2.13. The van der Waals surface area contributed by atoms with Gasteiger partial charge in [-0.25, -0.2) is 26.7 Å². The van der Waals surface area contributed by atoms with Crippen LogP contribution in [0.2, 0.25) is 0 Å². The van der Waals surface area contributed by atoms with Crippen molar-refractivity contribution in [2.45, 2.75) is 24.5 Å². The third kappa shape index (κ3) is 6.59. The van der Waals surface area contributed by atoms with Gasteiger partial charge in [0.15, 0.2) is 6.10 Å². The minimum absolute atomic E-state index is 0.00184. The zero-order valence-corrected chi connectivity index (χ0v) is 18.6. The molecule has 178 valence electrons. The first-order valence-corrected chi connectivity index (χ1v) is 11.4. The summed E-state index contributed by atoms with van der Waals surface area (Å²) >= 11 is 0. The highest BCUT2D eigenvalue weighted by molar-refractivity contribution is 7.89. The third-order valence-corrected chi connectivity index (χ3v) is 5.91. The summed E-state index contributed by atoms with van der Waals surface area (Å²) in [7, 11) is -3.77. The molecule has 0 saturated carbocycles. The molecule has 1 unspecified atom stereocenters. The summed E-state index contributed by atoms with van der Waals surface area (Å²) in [5.74, 6) is -3.26. The number of furan rings is 1. The fraction of sp³-hybridized carbons (Fsp3) is 0.130. The van der Waals surface area contributed by atoms with Gasteiger partial charge in [0.1, 0.15) is 23.1 Å². The molecule has 34 heavy (non-hydrogen) atoms. The van der Waals surface area contributed by atoms with E-state index < -0.39 is 45.3 Å². The quantitative estimate of drug-likeness (QED) is 0.350. The second kappa shape index (κ2) is 10.9. The lowest BCUT2D eigenvalue weighted by Crippen LogP contribution is -2.30. The van der Waals surface area contributed by atoms with Crippen LogP contribution in [0.3, 0.4) is 0 Å². The molecule has 0 aliphatic carbocycles. The normalized spacial score (nSPS) is 12.4. The maximum Gasteiger partial charge on any atom is 0.331 e. The second-order valence-electron chi connectivity index (χ2n) is 6.97. The van der Waals surface area contributed by atoms with E-state index in [0.29, 0.717) is 11.3 Å². The average Bonchev–Trinajstić information content (AvgIpc) is 3.33. The summed E-state index contributed by atoms with van der Waals surface area (Å²) in [6.45, 7) is 1.24. The summed E-state index contributed by atoms with van der Waals surface area (Å²) in [6.07, 6.45) is 2.50. The SMILES string of the molecule is CC(OC(=O)/C=C/c1ccc(S(=O)(=O)NCc2ccco2)cc1)C(=O)Nc1c(F)cccc1F. The number of esters is 1. The zero-order chi connectivity index (χ0) is 24.7. The minimum Gasteiger partial charge on any atom is -0.468 e. The van der Waals surface area contributed by atoms with Crippen LogP contribution in [0, 0.1) is 11.6 Å². The fourth-order valence-corrected chi connectivity index (χ4v) is 3.69. The monoisotopic (exact) mass is 490 g/mol. The van der Waals surface area contributed by atoms with Gasteiger partial charge in [0.25, 0.3) is 5.91 Å². The predicted molar refractivity (Wildman–Crippen MR) is 119 cm³/mol. The van der Waals surface area contributed by atoms with Crippen molar-refractivity contribution in [2.75, 3.05) is 5.32 Å². The van der Waals surface area contributed by atoms with Crippen molar-refractivity contribution in [2.24, 2.45) is 0 Å². The first-order chi connectivity index (χ1) is 16.2. The molecular weight excluding hydrogens is 470 g/mol. The van der Waals surface area contributed by atoms with Crippen LogP contribution >= 0.6 is 0 Å². The number of hydrogen-bond donors (Lipinski definition) is 2. The van der Waals surface area contributed by atoms with Crippen LogP contribution in [0.1, 0.15) is 18.2 Å². The van der Waals surface area contributed by atoms with Gasteiger partial charge >= 0.3 is 5.97 Å². The highest BCUT2D eigenvalue weighted by Crippen LogP contribution is 2.18. The molecule has 0 spiro atoms. The smallest absolute Gasteiger partial charge is 0.331 e. The van der Waals surface area contributed by atoms with E-state index in [9.17, 15) is 26.8 Å². The number of benzene rings is 2. The van der Waals surface area contributed by atoms with E-state index in [0.717, 1.165) is 24.3 Å². The van der Waals surface area contributed by atoms with E-state index in [4.69, 9.17) is 9.15 Å². The summed E-state index contributed by atoms with van der Waals surface area (Å²) in [5.41, 5.74) is -0.146. The molecule has 2 aromatic carbocycles. The number of hydrogen-bond acceptors (Lipinski definition) is 6. The molecule has 0 radical (unpaired) electrons. The largest absolute Gasteiger partial charge is 0.468 e. The Hall–Kier alpha value is -3.83. The zero-order valence-electron chi connectivity index (χ0n) is 17.8. The van der Waals surface area contributed by atoms with Crippen molar-refractivity contribution in [1.29, 1.82) is 0 Å². The highest BCUT2D eigenvalue weighted by Gasteiger charge is 2.20. The molecule has 0 aliphatic heterocycles. The molecular formula is C23H20F2N2O6S. The van der Waals surface area contributed by atoms with Gasteiger partial charge in [0.2, 0.25) is 10.0 Å². The first-order valence-electron chi connectivity index (χ1n) is 9.91. The second-order valence-corrected chi connectivity index (χ2v) is 8.74. The number of rotatable bonds is 9. The van der Waals surface area contributed by atoms with Crippen LogP contribution < -0.4 is 10.0 Å². The van der Waals surface area contributed by atoms with Crippen LogP contribution in [0.25, 0.3) is 6.08 Å². The molecule has 0 aliphatic rings. The van der Waals surface area contributed by atoms with Crippen LogP contribution in [-0.4, -0.2) is 26.4 Å². The van der Waals surface area contributed by atoms with Gasteiger partial charge in [-0.2, -0.15) is 0 Å². The Morgan fingerprint density at radius 3 is 2.35 bits per heavy atom. The number of carbonyl (C=O) groups excluding carboxylic acids is 2. The van der Waals surface area contributed by atoms with E-state index in [1.807, 2.05) is 5.32 Å². The van der Waals surface area contributed by atoms with Crippen molar-refractivity contribution in [3.8, 4) is 0 Å². The van der Waals surface area contributed by atoms with Crippen LogP contribution in [0.4, 0.5) is 14.5 Å². The molecule has 1 atom stereocenters. The van der Waals surface area contributed by atoms with E-state index in [1.54, 1.807) is 12.1 Å². The molecule has 8 nitrogen and oxygen atoms in total. The lowest BCUT2D eigenvalue weighted by molar-refractivity contribution is -0.148. The lowest BCUT2D eigenvalue weighted by atomic mass is 10.2. The first kappa shape index (κ1) is 24.8. The van der Waals surface area contributed by atoms with Gasteiger partial charge in [-0.1, -0.05) is 18.2 Å². The standard InChI is InChI=1S/C23H20F2N2O6S/c1-15(23(29)27-22-19(24)5-2-6-20(22)25)33-21(28)12-9-16-7-10-18(11-8-16)34(30,31)26-14-17-4-3-13-32-17/h2-13,15,26H,14H2,1H3,(H,27,29)/b12-9+. The van der Waals surface area contributed by atoms with Gasteiger partial charge in [0, 0.05) is 6.08 Å². The molecule has 1 amide bonds. The summed E-state index contributed by atoms with van der Waals surface area (Å²) < 4.78 is 64.4. The Morgan fingerprint density at radius 2 is 1.74 bits per heavy atom. The minimum atomic E-state index is -3.77. The Labute approximate surface area is 194 Å². The van der Waals surface area contributed by atoms with E-state index in [-0.39, 0.29) is 11.4 Å². The molecule has 11 heteroatoms. The molecule has 1 aromatic heterocycles. The molecule has 1 heterocycles. The van der Waals surface area contributed by atoms with Gasteiger partial charge in [0.05, 0.1) is 17.7 Å². The summed E-state index contributed by atoms with van der Waals surface area (Å²) in [6, 6.07) is 12.0. The number of carbonyl (C=O) groups is 2. The predicted octanol–water partition coefficient (Wildman–Crippen LogP) is 3.62. The van der Waals surface area contributed by atoms with Crippen molar-refractivity contribution in [3.63, 3.8) is 0 Å². The Kier molecular flexibility index (Phi) is 7.92. The number of anilines is 1. The number of ether oxygens (including phenoxy) is 1. The Balaban J connectivity index is 1.54. The highest BCUT2D eigenvalue weighted by atomic mass is 32.2. The third-order valence-electron chi connectivity index (χ3n) is 4.49. The molecule has 3 rings (SSSR count). The van der Waals surface area contributed by atoms with Crippen molar-refractivity contribution in [3.05, 3.63) is 89.9 Å². The molecule has 0 bridgehead atoms. The van der Waals surface area contributed by atoms with Crippen molar-refractivity contribution >= 4 is 33.7 Å². The number of halogens is 2. The van der Waals surface area contributed by atoms with Crippen LogP contribution in [0.5, 0.6) is 0 Å². The maximum atomic E-state index is 13.6. The number of sulfonamides is 1. The Morgan fingerprint density at radius 1 is 1.06 bits per heavy atom. The fourth-order valence-electron chi connectivity index (χ4n) is 2.69. The number of nitrogens with one attached hydrogen (secondary N) is 2. The topological polar surface area (TPSA) is 115 Å². The van der Waals surface area contributed by atoms with Crippen molar-refractivity contribution < 1.29 is 35.9 Å². The van der Waals surface area contributed by atoms with Crippen LogP contribution in [0.15, 0.2) is 76.2 Å². The summed E-state index contributed by atoms with van der Waals surface area (Å²) in [4.78, 5) is 24.1. The average molecular weight is 490 g/mol.